The van der Waals surface area contributed by atoms with E-state index in [9.17, 15) is 0 Å². The molecule has 1 aliphatic heterocycles. The molecule has 0 N–H and O–H groups in total. The minimum absolute atomic E-state index is 0.142. The molecule has 1 aliphatic rings. The van der Waals surface area contributed by atoms with Crippen LogP contribution in [-0.2, 0) is 16.0 Å². The monoisotopic (exact) mass is 354 g/mol. The molecule has 0 saturated carbocycles. The largest absolute Gasteiger partial charge is 0.348 e. The maximum absolute atomic E-state index is 6.25. The highest BCUT2D eigenvalue weighted by Crippen LogP contribution is 2.31. The molecular weight excluding hydrogens is 335 g/mol. The minimum atomic E-state index is -0.209. The first kappa shape index (κ1) is 16.8. The lowest BCUT2D eigenvalue weighted by molar-refractivity contribution is -0.215. The van der Waals surface area contributed by atoms with Crippen LogP contribution >= 0.6 is 23.2 Å². The second kappa shape index (κ2) is 7.67. The van der Waals surface area contributed by atoms with Gasteiger partial charge in [-0.1, -0.05) is 29.3 Å². The Labute approximate surface area is 146 Å². The highest BCUT2D eigenvalue weighted by Gasteiger charge is 2.25. The summed E-state index contributed by atoms with van der Waals surface area (Å²) >= 11 is 12.2. The number of hydrogen-bond acceptors (Lipinski definition) is 3. The first-order valence-corrected chi connectivity index (χ1v) is 8.59. The molecule has 0 aliphatic carbocycles. The van der Waals surface area contributed by atoms with E-state index in [1.54, 1.807) is 12.3 Å². The number of ether oxygens (including phenoxy) is 2. The SMILES string of the molecule is CC(O[C@H]1CCC[C@H](Cn2ccnc2)O1)c1ccc(Cl)cc1Cl. The van der Waals surface area contributed by atoms with Gasteiger partial charge in [-0.25, -0.2) is 4.98 Å². The highest BCUT2D eigenvalue weighted by atomic mass is 35.5. The fraction of sp³-hybridized carbons (Fsp3) is 0.471. The summed E-state index contributed by atoms with van der Waals surface area (Å²) in [7, 11) is 0. The van der Waals surface area contributed by atoms with E-state index < -0.39 is 0 Å². The van der Waals surface area contributed by atoms with Crippen LogP contribution in [0.25, 0.3) is 0 Å². The first-order valence-electron chi connectivity index (χ1n) is 7.83. The molecule has 6 heteroatoms. The topological polar surface area (TPSA) is 36.3 Å². The smallest absolute Gasteiger partial charge is 0.158 e. The zero-order valence-corrected chi connectivity index (χ0v) is 14.5. The van der Waals surface area contributed by atoms with E-state index in [0.717, 1.165) is 31.4 Å². The molecular formula is C17H20Cl2N2O2. The van der Waals surface area contributed by atoms with Crippen LogP contribution in [0.1, 0.15) is 37.9 Å². The van der Waals surface area contributed by atoms with E-state index >= 15 is 0 Å². The van der Waals surface area contributed by atoms with Crippen LogP contribution in [0.2, 0.25) is 10.0 Å². The lowest BCUT2D eigenvalue weighted by Gasteiger charge is -2.32. The zero-order valence-electron chi connectivity index (χ0n) is 13.0. The van der Waals surface area contributed by atoms with Gasteiger partial charge in [0.2, 0.25) is 0 Å². The van der Waals surface area contributed by atoms with E-state index in [2.05, 4.69) is 4.98 Å². The summed E-state index contributed by atoms with van der Waals surface area (Å²) in [5.41, 5.74) is 0.927. The summed E-state index contributed by atoms with van der Waals surface area (Å²) in [6.45, 7) is 2.79. The van der Waals surface area contributed by atoms with Crippen molar-refractivity contribution in [3.05, 3.63) is 52.5 Å². The molecule has 3 atom stereocenters. The fourth-order valence-electron chi connectivity index (χ4n) is 2.86. The van der Waals surface area contributed by atoms with E-state index in [1.165, 1.54) is 0 Å². The van der Waals surface area contributed by atoms with Crippen LogP contribution in [0.5, 0.6) is 0 Å². The van der Waals surface area contributed by atoms with Crippen molar-refractivity contribution in [2.75, 3.05) is 0 Å². The number of hydrogen-bond donors (Lipinski definition) is 0. The number of halogens is 2. The Hall–Kier alpha value is -1.07. The molecule has 0 amide bonds. The van der Waals surface area contributed by atoms with E-state index in [-0.39, 0.29) is 18.5 Å². The quantitative estimate of drug-likeness (QED) is 0.768. The molecule has 0 radical (unpaired) electrons. The minimum Gasteiger partial charge on any atom is -0.348 e. The van der Waals surface area contributed by atoms with Crippen molar-refractivity contribution in [3.63, 3.8) is 0 Å². The molecule has 1 fully saturated rings. The molecule has 23 heavy (non-hydrogen) atoms. The van der Waals surface area contributed by atoms with Crippen LogP contribution in [-0.4, -0.2) is 21.9 Å². The summed E-state index contributed by atoms with van der Waals surface area (Å²) in [5, 5.41) is 1.25. The number of aromatic nitrogens is 2. The standard InChI is InChI=1S/C17H20Cl2N2O2/c1-12(15-6-5-13(18)9-16(15)19)22-17-4-2-3-14(23-17)10-21-8-7-20-11-21/h5-9,11-12,14,17H,2-4,10H2,1H3/t12?,14-,17-/m1/s1. The molecule has 0 bridgehead atoms. The van der Waals surface area contributed by atoms with Crippen LogP contribution < -0.4 is 0 Å². The van der Waals surface area contributed by atoms with E-state index in [1.807, 2.05) is 36.1 Å². The van der Waals surface area contributed by atoms with Gasteiger partial charge in [-0.2, -0.15) is 0 Å². The van der Waals surface area contributed by atoms with Crippen molar-refractivity contribution in [1.82, 2.24) is 9.55 Å². The predicted molar refractivity (Wildman–Crippen MR) is 90.7 cm³/mol. The van der Waals surface area contributed by atoms with Gasteiger partial charge in [-0.3, -0.25) is 0 Å². The molecule has 1 aromatic heterocycles. The van der Waals surface area contributed by atoms with Gasteiger partial charge >= 0.3 is 0 Å². The lowest BCUT2D eigenvalue weighted by atomic mass is 10.1. The molecule has 1 unspecified atom stereocenters. The second-order valence-corrected chi connectivity index (χ2v) is 6.67. The van der Waals surface area contributed by atoms with Gasteiger partial charge < -0.3 is 14.0 Å². The van der Waals surface area contributed by atoms with Crippen molar-refractivity contribution < 1.29 is 9.47 Å². The van der Waals surface area contributed by atoms with Crippen molar-refractivity contribution in [2.45, 2.75) is 51.2 Å². The molecule has 0 spiro atoms. The van der Waals surface area contributed by atoms with Crippen LogP contribution in [0, 0.1) is 0 Å². The molecule has 1 aromatic carbocycles. The summed E-state index contributed by atoms with van der Waals surface area (Å²) < 4.78 is 14.2. The third-order valence-corrected chi connectivity index (χ3v) is 4.60. The molecule has 1 saturated heterocycles. The number of benzene rings is 1. The van der Waals surface area contributed by atoms with Gasteiger partial charge in [0.25, 0.3) is 0 Å². The van der Waals surface area contributed by atoms with E-state index in [0.29, 0.717) is 10.0 Å². The normalized spacial score (nSPS) is 22.9. The number of nitrogens with zero attached hydrogens (tertiary/aromatic N) is 2. The Morgan fingerprint density at radius 1 is 1.39 bits per heavy atom. The van der Waals surface area contributed by atoms with Gasteiger partial charge in [-0.05, 0) is 43.9 Å². The highest BCUT2D eigenvalue weighted by molar-refractivity contribution is 6.35. The predicted octanol–water partition coefficient (Wildman–Crippen LogP) is 4.86. The number of imidazole rings is 1. The van der Waals surface area contributed by atoms with Crippen molar-refractivity contribution >= 4 is 23.2 Å². The summed E-state index contributed by atoms with van der Waals surface area (Å²) in [5.74, 6) is 0. The zero-order chi connectivity index (χ0) is 16.2. The summed E-state index contributed by atoms with van der Waals surface area (Å²) in [6, 6.07) is 5.47. The van der Waals surface area contributed by atoms with Crippen LogP contribution in [0.3, 0.4) is 0 Å². The van der Waals surface area contributed by atoms with Gasteiger partial charge in [0.15, 0.2) is 6.29 Å². The molecule has 124 valence electrons. The fourth-order valence-corrected chi connectivity index (χ4v) is 3.42. The van der Waals surface area contributed by atoms with Crippen molar-refractivity contribution in [3.8, 4) is 0 Å². The summed E-state index contributed by atoms with van der Waals surface area (Å²) in [4.78, 5) is 4.06. The summed E-state index contributed by atoms with van der Waals surface area (Å²) in [6.07, 6.45) is 8.36. The molecule has 2 heterocycles. The lowest BCUT2D eigenvalue weighted by Crippen LogP contribution is -2.33. The first-order chi connectivity index (χ1) is 11.1. The molecule has 3 rings (SSSR count). The average molecular weight is 355 g/mol. The van der Waals surface area contributed by atoms with Crippen LogP contribution in [0.15, 0.2) is 36.9 Å². The van der Waals surface area contributed by atoms with Gasteiger partial charge in [-0.15, -0.1) is 0 Å². The Morgan fingerprint density at radius 2 is 2.26 bits per heavy atom. The van der Waals surface area contributed by atoms with Crippen molar-refractivity contribution in [1.29, 1.82) is 0 Å². The van der Waals surface area contributed by atoms with Crippen molar-refractivity contribution in [2.24, 2.45) is 0 Å². The Bertz CT molecular complexity index is 634. The Morgan fingerprint density at radius 3 is 3.00 bits per heavy atom. The maximum Gasteiger partial charge on any atom is 0.158 e. The van der Waals surface area contributed by atoms with Gasteiger partial charge in [0.05, 0.1) is 18.5 Å². The maximum atomic E-state index is 6.25. The number of rotatable bonds is 5. The Kier molecular flexibility index (Phi) is 5.59. The molecule has 4 nitrogen and oxygen atoms in total. The Balaban J connectivity index is 1.58. The average Bonchev–Trinajstić information content (AvgIpc) is 3.00. The third-order valence-electron chi connectivity index (χ3n) is 4.04. The third kappa shape index (κ3) is 4.48. The van der Waals surface area contributed by atoms with Gasteiger partial charge in [0.1, 0.15) is 0 Å². The second-order valence-electron chi connectivity index (χ2n) is 5.82. The van der Waals surface area contributed by atoms with Crippen LogP contribution in [0.4, 0.5) is 0 Å². The van der Waals surface area contributed by atoms with Gasteiger partial charge in [0, 0.05) is 29.0 Å². The van der Waals surface area contributed by atoms with E-state index in [4.69, 9.17) is 32.7 Å². The molecule has 2 aromatic rings.